The highest BCUT2D eigenvalue weighted by molar-refractivity contribution is 5.93. The predicted molar refractivity (Wildman–Crippen MR) is 103 cm³/mol. The molecule has 162 valence electrons. The number of imidazole rings is 2. The molecule has 0 bridgehead atoms. The molecule has 0 fully saturated rings. The summed E-state index contributed by atoms with van der Waals surface area (Å²) in [6, 6.07) is -3.33. The van der Waals surface area contributed by atoms with Crippen LogP contribution < -0.4 is 21.7 Å². The Hall–Kier alpha value is -3.74. The standard InChI is InChI=1S/C17H24N8O5/c1-9(23-14(26)4-18)15(27)24-12(2-10-5-19-7-21-10)16(28)25-13(17(29)30)3-11-6-20-8-22-11/h5-9,12-13H,2-4,18H2,1H3,(H,19,21)(H,20,22)(H,23,26)(H,24,27)(H,25,28)(H,29,30)/t9-,12-,13-/m0/s1. The number of carbonyl (C=O) groups is 4. The molecule has 0 aliphatic carbocycles. The molecule has 3 atom stereocenters. The number of aliphatic carboxylic acids is 1. The zero-order valence-electron chi connectivity index (χ0n) is 16.2. The Morgan fingerprint density at radius 2 is 1.50 bits per heavy atom. The first-order chi connectivity index (χ1) is 14.3. The number of rotatable bonds is 11. The van der Waals surface area contributed by atoms with Crippen molar-refractivity contribution in [3.8, 4) is 0 Å². The Balaban J connectivity index is 2.10. The first-order valence-corrected chi connectivity index (χ1v) is 9.08. The molecule has 2 aromatic heterocycles. The molecular weight excluding hydrogens is 396 g/mol. The first kappa shape index (κ1) is 22.5. The lowest BCUT2D eigenvalue weighted by Gasteiger charge is -2.22. The van der Waals surface area contributed by atoms with E-state index in [-0.39, 0.29) is 19.4 Å². The van der Waals surface area contributed by atoms with Gasteiger partial charge in [0.05, 0.1) is 30.6 Å². The van der Waals surface area contributed by atoms with E-state index in [9.17, 15) is 24.3 Å². The molecule has 0 unspecified atom stereocenters. The molecule has 0 aliphatic rings. The van der Waals surface area contributed by atoms with E-state index in [4.69, 9.17) is 5.73 Å². The summed E-state index contributed by atoms with van der Waals surface area (Å²) in [4.78, 5) is 61.6. The summed E-state index contributed by atoms with van der Waals surface area (Å²) in [6.45, 7) is 1.15. The summed E-state index contributed by atoms with van der Waals surface area (Å²) in [5.41, 5.74) is 6.15. The average molecular weight is 420 g/mol. The fourth-order valence-electron chi connectivity index (χ4n) is 2.57. The average Bonchev–Trinajstić information content (AvgIpc) is 3.40. The number of hydrogen-bond donors (Lipinski definition) is 7. The third-order valence-electron chi connectivity index (χ3n) is 4.14. The van der Waals surface area contributed by atoms with Gasteiger partial charge in [0.15, 0.2) is 0 Å². The van der Waals surface area contributed by atoms with E-state index in [0.717, 1.165) is 0 Å². The molecule has 8 N–H and O–H groups in total. The second kappa shape index (κ2) is 10.7. The number of carbonyl (C=O) groups excluding carboxylic acids is 3. The molecule has 2 aromatic rings. The van der Waals surface area contributed by atoms with Gasteiger partial charge in [0.25, 0.3) is 0 Å². The molecule has 0 aliphatic heterocycles. The van der Waals surface area contributed by atoms with Crippen LogP contribution in [-0.4, -0.2) is 73.4 Å². The SMILES string of the molecule is C[C@H](NC(=O)CN)C(=O)N[C@@H](Cc1c[nH]cn1)C(=O)N[C@@H](Cc1c[nH]cn1)C(=O)O. The number of nitrogens with one attached hydrogen (secondary N) is 5. The molecule has 0 saturated carbocycles. The van der Waals surface area contributed by atoms with Gasteiger partial charge in [-0.25, -0.2) is 14.8 Å². The first-order valence-electron chi connectivity index (χ1n) is 9.08. The van der Waals surface area contributed by atoms with Crippen LogP contribution in [0.15, 0.2) is 25.0 Å². The molecule has 0 saturated heterocycles. The second-order valence-electron chi connectivity index (χ2n) is 6.48. The Morgan fingerprint density at radius 3 is 1.97 bits per heavy atom. The summed E-state index contributed by atoms with van der Waals surface area (Å²) in [5.74, 6) is -3.13. The van der Waals surface area contributed by atoms with Gasteiger partial charge in [-0.05, 0) is 6.92 Å². The number of aromatic amines is 2. The number of hydrogen-bond acceptors (Lipinski definition) is 7. The van der Waals surface area contributed by atoms with Crippen molar-refractivity contribution in [1.29, 1.82) is 0 Å². The van der Waals surface area contributed by atoms with E-state index in [0.29, 0.717) is 11.4 Å². The van der Waals surface area contributed by atoms with Crippen molar-refractivity contribution in [2.24, 2.45) is 5.73 Å². The van der Waals surface area contributed by atoms with E-state index >= 15 is 0 Å². The number of aromatic nitrogens is 4. The number of carboxylic acid groups (broad SMARTS) is 1. The second-order valence-corrected chi connectivity index (χ2v) is 6.48. The molecule has 2 heterocycles. The highest BCUT2D eigenvalue weighted by atomic mass is 16.4. The lowest BCUT2D eigenvalue weighted by Crippen LogP contribution is -2.56. The maximum Gasteiger partial charge on any atom is 0.326 e. The van der Waals surface area contributed by atoms with Gasteiger partial charge >= 0.3 is 5.97 Å². The summed E-state index contributed by atoms with van der Waals surface area (Å²) in [7, 11) is 0. The van der Waals surface area contributed by atoms with Crippen LogP contribution in [-0.2, 0) is 32.0 Å². The number of nitrogens with zero attached hydrogens (tertiary/aromatic N) is 2. The van der Waals surface area contributed by atoms with Crippen molar-refractivity contribution in [3.63, 3.8) is 0 Å². The summed E-state index contributed by atoms with van der Waals surface area (Å²) in [5, 5.41) is 16.7. The van der Waals surface area contributed by atoms with Crippen LogP contribution in [0.3, 0.4) is 0 Å². The van der Waals surface area contributed by atoms with Crippen LogP contribution in [0, 0.1) is 0 Å². The molecular formula is C17H24N8O5. The number of amides is 3. The van der Waals surface area contributed by atoms with Crippen LogP contribution >= 0.6 is 0 Å². The summed E-state index contributed by atoms with van der Waals surface area (Å²) >= 11 is 0. The van der Waals surface area contributed by atoms with Crippen LogP contribution in [0.4, 0.5) is 0 Å². The van der Waals surface area contributed by atoms with Gasteiger partial charge in [-0.15, -0.1) is 0 Å². The van der Waals surface area contributed by atoms with E-state index in [2.05, 4.69) is 35.9 Å². The highest BCUT2D eigenvalue weighted by Crippen LogP contribution is 2.03. The van der Waals surface area contributed by atoms with Crippen LogP contribution in [0.5, 0.6) is 0 Å². The van der Waals surface area contributed by atoms with Gasteiger partial charge in [-0.3, -0.25) is 14.4 Å². The zero-order chi connectivity index (χ0) is 22.1. The molecule has 0 spiro atoms. The van der Waals surface area contributed by atoms with Gasteiger partial charge in [-0.1, -0.05) is 0 Å². The predicted octanol–water partition coefficient (Wildman–Crippen LogP) is -2.56. The quantitative estimate of drug-likeness (QED) is 0.205. The maximum absolute atomic E-state index is 12.8. The Morgan fingerprint density at radius 1 is 0.967 bits per heavy atom. The third kappa shape index (κ3) is 6.70. The van der Waals surface area contributed by atoms with E-state index in [1.54, 1.807) is 6.20 Å². The minimum atomic E-state index is -1.26. The van der Waals surface area contributed by atoms with Crippen molar-refractivity contribution in [1.82, 2.24) is 35.9 Å². The fourth-order valence-corrected chi connectivity index (χ4v) is 2.57. The maximum atomic E-state index is 12.8. The minimum absolute atomic E-state index is 0.00731. The molecule has 30 heavy (non-hydrogen) atoms. The van der Waals surface area contributed by atoms with Gasteiger partial charge in [-0.2, -0.15) is 0 Å². The molecule has 13 heteroatoms. The van der Waals surface area contributed by atoms with Crippen molar-refractivity contribution in [2.75, 3.05) is 6.54 Å². The summed E-state index contributed by atoms with van der Waals surface area (Å²) < 4.78 is 0. The third-order valence-corrected chi connectivity index (χ3v) is 4.14. The molecule has 0 radical (unpaired) electrons. The smallest absolute Gasteiger partial charge is 0.326 e. The molecule has 0 aromatic carbocycles. The van der Waals surface area contributed by atoms with Gasteiger partial charge in [0.2, 0.25) is 17.7 Å². The van der Waals surface area contributed by atoms with Crippen molar-refractivity contribution >= 4 is 23.7 Å². The molecule has 13 nitrogen and oxygen atoms in total. The molecule has 3 amide bonds. The Labute approximate surface area is 171 Å². The minimum Gasteiger partial charge on any atom is -0.480 e. The van der Waals surface area contributed by atoms with Crippen LogP contribution in [0.2, 0.25) is 0 Å². The molecule has 2 rings (SSSR count). The fraction of sp³-hybridized carbons (Fsp3) is 0.412. The van der Waals surface area contributed by atoms with Crippen LogP contribution in [0.25, 0.3) is 0 Å². The highest BCUT2D eigenvalue weighted by Gasteiger charge is 2.29. The topological polar surface area (TPSA) is 208 Å². The van der Waals surface area contributed by atoms with E-state index in [1.807, 2.05) is 0 Å². The zero-order valence-corrected chi connectivity index (χ0v) is 16.2. The van der Waals surface area contributed by atoms with E-state index in [1.165, 1.54) is 25.8 Å². The van der Waals surface area contributed by atoms with Crippen LogP contribution in [0.1, 0.15) is 18.3 Å². The Bertz CT molecular complexity index is 852. The summed E-state index contributed by atoms with van der Waals surface area (Å²) in [6.07, 6.45) is 5.84. The normalized spacial score (nSPS) is 13.7. The number of carboxylic acids is 1. The van der Waals surface area contributed by atoms with Crippen molar-refractivity contribution < 1.29 is 24.3 Å². The lowest BCUT2D eigenvalue weighted by molar-refractivity contribution is -0.142. The largest absolute Gasteiger partial charge is 0.480 e. The van der Waals surface area contributed by atoms with Gasteiger partial charge in [0.1, 0.15) is 18.1 Å². The van der Waals surface area contributed by atoms with Gasteiger partial charge in [0, 0.05) is 25.2 Å². The number of H-pyrrole nitrogens is 2. The van der Waals surface area contributed by atoms with Gasteiger partial charge < -0.3 is 36.8 Å². The number of nitrogens with two attached hydrogens (primary N) is 1. The van der Waals surface area contributed by atoms with Crippen molar-refractivity contribution in [2.45, 2.75) is 37.9 Å². The Kier molecular flexibility index (Phi) is 8.05. The monoisotopic (exact) mass is 420 g/mol. The van der Waals surface area contributed by atoms with E-state index < -0.39 is 41.8 Å². The lowest BCUT2D eigenvalue weighted by atomic mass is 10.1. The van der Waals surface area contributed by atoms with Crippen molar-refractivity contribution in [3.05, 3.63) is 36.4 Å².